The van der Waals surface area contributed by atoms with Crippen LogP contribution in [-0.2, 0) is 16.0 Å². The number of fused-ring (bicyclic) bond motifs is 1. The maximum absolute atomic E-state index is 12.5. The number of carbonyl (C=O) groups is 2. The Morgan fingerprint density at radius 2 is 1.75 bits per heavy atom. The van der Waals surface area contributed by atoms with Crippen LogP contribution in [0.25, 0.3) is 11.2 Å². The van der Waals surface area contributed by atoms with Gasteiger partial charge >= 0.3 is 0 Å². The first-order chi connectivity index (χ1) is 19.2. The van der Waals surface area contributed by atoms with E-state index in [2.05, 4.69) is 76.1 Å². The molecule has 3 heterocycles. The molecule has 5 N–H and O–H groups in total. The van der Waals surface area contributed by atoms with Crippen molar-refractivity contribution in [3.05, 3.63) is 73.4 Å². The van der Waals surface area contributed by atoms with Crippen LogP contribution in [0.4, 0.5) is 11.5 Å². The van der Waals surface area contributed by atoms with Gasteiger partial charge in [0.05, 0.1) is 6.33 Å². The number of aliphatic hydroxyl groups is 2. The zero-order valence-electron chi connectivity index (χ0n) is 21.1. The van der Waals surface area contributed by atoms with E-state index in [4.69, 9.17) is 4.74 Å². The predicted octanol–water partition coefficient (Wildman–Crippen LogP) is 2.12. The highest BCUT2D eigenvalue weighted by Gasteiger charge is 2.47. The molecule has 0 saturated carbocycles. The van der Waals surface area contributed by atoms with Crippen LogP contribution >= 0.6 is 45.2 Å². The molecule has 5 rings (SSSR count). The lowest BCUT2D eigenvalue weighted by molar-refractivity contribution is -0.137. The van der Waals surface area contributed by atoms with E-state index >= 15 is 0 Å². The molecule has 1 aliphatic rings. The quantitative estimate of drug-likeness (QED) is 0.169. The summed E-state index contributed by atoms with van der Waals surface area (Å²) in [6, 6.07) is 13.5. The Hall–Kier alpha value is -2.93. The van der Waals surface area contributed by atoms with Crippen molar-refractivity contribution in [2.24, 2.45) is 0 Å². The molecule has 4 aromatic rings. The number of likely N-dealkylation sites (N-methyl/N-ethyl adjacent to an activating group) is 1. The number of hydrogen-bond donors (Lipinski definition) is 5. The molecule has 12 nitrogen and oxygen atoms in total. The Labute approximate surface area is 256 Å². The van der Waals surface area contributed by atoms with Crippen LogP contribution in [-0.4, -0.2) is 73.5 Å². The summed E-state index contributed by atoms with van der Waals surface area (Å²) in [4.78, 5) is 37.5. The lowest BCUT2D eigenvalue weighted by Gasteiger charge is -2.16. The minimum Gasteiger partial charge on any atom is -0.387 e. The Morgan fingerprint density at radius 3 is 2.45 bits per heavy atom. The van der Waals surface area contributed by atoms with Gasteiger partial charge in [0, 0.05) is 32.0 Å². The number of carbonyl (C=O) groups excluding carboxylic acids is 2. The number of benzene rings is 2. The Kier molecular flexibility index (Phi) is 8.79. The number of nitrogens with one attached hydrogen (secondary N) is 3. The van der Waals surface area contributed by atoms with Crippen molar-refractivity contribution in [2.75, 3.05) is 18.9 Å². The SMILES string of the molecule is CNC(=O)[C@H]1O[C@@H](n2cnc3c(Nc4ccc(CCNC(=O)c5cc(I)cc(I)c5)cc4)ncnc32)[C@@H](O)[C@H]1O. The number of hydrogen-bond acceptors (Lipinski definition) is 9. The minimum absolute atomic E-state index is 0.101. The van der Waals surface area contributed by atoms with Crippen molar-refractivity contribution in [3.63, 3.8) is 0 Å². The van der Waals surface area contributed by atoms with E-state index in [1.807, 2.05) is 42.5 Å². The normalized spacial score (nSPS) is 20.4. The fourth-order valence-corrected chi connectivity index (χ4v) is 6.31. The molecule has 0 unspecified atom stereocenters. The van der Waals surface area contributed by atoms with Gasteiger partial charge in [0.1, 0.15) is 18.5 Å². The third-order valence-corrected chi connectivity index (χ3v) is 7.66. The van der Waals surface area contributed by atoms with E-state index in [0.717, 1.165) is 18.4 Å². The fourth-order valence-electron chi connectivity index (χ4n) is 4.38. The number of aromatic nitrogens is 4. The highest BCUT2D eigenvalue weighted by molar-refractivity contribution is 14.1. The zero-order chi connectivity index (χ0) is 28.4. The van der Waals surface area contributed by atoms with Crippen LogP contribution in [0.5, 0.6) is 0 Å². The van der Waals surface area contributed by atoms with Crippen molar-refractivity contribution >= 4 is 79.7 Å². The largest absolute Gasteiger partial charge is 0.387 e. The van der Waals surface area contributed by atoms with Gasteiger partial charge in [-0.25, -0.2) is 15.0 Å². The van der Waals surface area contributed by atoms with E-state index in [1.165, 1.54) is 24.3 Å². The molecule has 208 valence electrons. The van der Waals surface area contributed by atoms with E-state index in [1.54, 1.807) is 0 Å². The topological polar surface area (TPSA) is 164 Å². The second-order valence-electron chi connectivity index (χ2n) is 9.07. The average molecular weight is 769 g/mol. The number of ether oxygens (including phenoxy) is 1. The molecule has 1 fully saturated rings. The second kappa shape index (κ2) is 12.3. The summed E-state index contributed by atoms with van der Waals surface area (Å²) in [5.74, 6) is -0.204. The van der Waals surface area contributed by atoms with Gasteiger partial charge in [-0.3, -0.25) is 14.2 Å². The molecular formula is C26H25I2N7O5. The second-order valence-corrected chi connectivity index (χ2v) is 11.6. The number of rotatable bonds is 8. The molecule has 0 radical (unpaired) electrons. The van der Waals surface area contributed by atoms with Crippen LogP contribution < -0.4 is 16.0 Å². The van der Waals surface area contributed by atoms with Gasteiger partial charge in [0.2, 0.25) is 0 Å². The number of aliphatic hydroxyl groups excluding tert-OH is 2. The van der Waals surface area contributed by atoms with Gasteiger partial charge in [-0.2, -0.15) is 0 Å². The van der Waals surface area contributed by atoms with Gasteiger partial charge in [0.25, 0.3) is 11.8 Å². The number of imidazole rings is 1. The van der Waals surface area contributed by atoms with E-state index in [0.29, 0.717) is 35.5 Å². The monoisotopic (exact) mass is 769 g/mol. The first-order valence-corrected chi connectivity index (χ1v) is 14.4. The summed E-state index contributed by atoms with van der Waals surface area (Å²) in [6.45, 7) is 0.502. The highest BCUT2D eigenvalue weighted by atomic mass is 127. The smallest absolute Gasteiger partial charge is 0.251 e. The van der Waals surface area contributed by atoms with E-state index < -0.39 is 30.4 Å². The lowest BCUT2D eigenvalue weighted by atomic mass is 10.1. The highest BCUT2D eigenvalue weighted by Crippen LogP contribution is 2.33. The van der Waals surface area contributed by atoms with Crippen LogP contribution in [0.15, 0.2) is 55.1 Å². The van der Waals surface area contributed by atoms with Gasteiger partial charge < -0.3 is 30.9 Å². The standard InChI is InChI=1S/C26H25I2N7O5/c1-29-25(39)21-19(36)20(37)26(40-21)35-12-33-18-22(31-11-32-23(18)35)34-17-4-2-13(3-5-17)6-7-30-24(38)14-8-15(27)10-16(28)9-14/h2-5,8-12,19-21,26,36-37H,6-7H2,1H3,(H,29,39)(H,30,38)(H,31,32,34)/t19-,20+,21+,26-/m1/s1. The van der Waals surface area contributed by atoms with Crippen LogP contribution in [0.1, 0.15) is 22.1 Å². The third kappa shape index (κ3) is 6.04. The first kappa shape index (κ1) is 28.6. The molecule has 2 amide bonds. The number of amides is 2. The van der Waals surface area contributed by atoms with Gasteiger partial charge in [-0.15, -0.1) is 0 Å². The van der Waals surface area contributed by atoms with Crippen LogP contribution in [0.2, 0.25) is 0 Å². The molecule has 2 aromatic heterocycles. The maximum Gasteiger partial charge on any atom is 0.251 e. The average Bonchev–Trinajstić information content (AvgIpc) is 3.50. The van der Waals surface area contributed by atoms with E-state index in [-0.39, 0.29) is 5.91 Å². The first-order valence-electron chi connectivity index (χ1n) is 12.3. The summed E-state index contributed by atoms with van der Waals surface area (Å²) < 4.78 is 9.15. The van der Waals surface area contributed by atoms with Crippen molar-refractivity contribution in [3.8, 4) is 0 Å². The zero-order valence-corrected chi connectivity index (χ0v) is 25.4. The molecule has 2 aromatic carbocycles. The molecule has 0 bridgehead atoms. The Bertz CT molecular complexity index is 1530. The lowest BCUT2D eigenvalue weighted by Crippen LogP contribution is -2.41. The van der Waals surface area contributed by atoms with Crippen molar-refractivity contribution in [1.29, 1.82) is 0 Å². The van der Waals surface area contributed by atoms with Crippen molar-refractivity contribution < 1.29 is 24.5 Å². The van der Waals surface area contributed by atoms with Crippen molar-refractivity contribution in [2.45, 2.75) is 31.0 Å². The molecule has 14 heteroatoms. The van der Waals surface area contributed by atoms with Gasteiger partial charge in [-0.05, 0) is 87.5 Å². The third-order valence-electron chi connectivity index (χ3n) is 6.42. The van der Waals surface area contributed by atoms with E-state index in [9.17, 15) is 19.8 Å². The maximum atomic E-state index is 12.5. The summed E-state index contributed by atoms with van der Waals surface area (Å²) >= 11 is 4.40. The van der Waals surface area contributed by atoms with Gasteiger partial charge in [-0.1, -0.05) is 12.1 Å². The van der Waals surface area contributed by atoms with Crippen LogP contribution in [0, 0.1) is 7.14 Å². The molecule has 0 aliphatic carbocycles. The molecule has 40 heavy (non-hydrogen) atoms. The van der Waals surface area contributed by atoms with Crippen molar-refractivity contribution in [1.82, 2.24) is 30.2 Å². The molecular weight excluding hydrogens is 744 g/mol. The number of nitrogens with zero attached hydrogens (tertiary/aromatic N) is 4. The Morgan fingerprint density at radius 1 is 1.02 bits per heavy atom. The molecule has 1 aliphatic heterocycles. The summed E-state index contributed by atoms with van der Waals surface area (Å²) in [5, 5.41) is 29.4. The number of halogens is 2. The fraction of sp³-hybridized carbons (Fsp3) is 0.269. The number of anilines is 2. The van der Waals surface area contributed by atoms with Gasteiger partial charge in [0.15, 0.2) is 29.3 Å². The van der Waals surface area contributed by atoms with Crippen LogP contribution in [0.3, 0.4) is 0 Å². The summed E-state index contributed by atoms with van der Waals surface area (Å²) in [5.41, 5.74) is 3.25. The summed E-state index contributed by atoms with van der Waals surface area (Å²) in [7, 11) is 1.42. The molecule has 1 saturated heterocycles. The molecule has 4 atom stereocenters. The predicted molar refractivity (Wildman–Crippen MR) is 163 cm³/mol. The molecule has 0 spiro atoms. The minimum atomic E-state index is -1.40. The summed E-state index contributed by atoms with van der Waals surface area (Å²) in [6.07, 6.45) is -1.60. The Balaban J connectivity index is 1.23.